The summed E-state index contributed by atoms with van der Waals surface area (Å²) in [4.78, 5) is 11.6. The van der Waals surface area contributed by atoms with Gasteiger partial charge in [0, 0.05) is 12.2 Å². The molecule has 20 heavy (non-hydrogen) atoms. The third kappa shape index (κ3) is 4.42. The van der Waals surface area contributed by atoms with Crippen LogP contribution < -0.4 is 4.90 Å². The van der Waals surface area contributed by atoms with E-state index in [9.17, 15) is 18.0 Å². The molecule has 0 unspecified atom stereocenters. The van der Waals surface area contributed by atoms with E-state index >= 15 is 0 Å². The molecule has 0 N–H and O–H groups in total. The van der Waals surface area contributed by atoms with Crippen molar-refractivity contribution in [3.8, 4) is 0 Å². The van der Waals surface area contributed by atoms with Crippen molar-refractivity contribution >= 4 is 34.8 Å². The zero-order valence-electron chi connectivity index (χ0n) is 10.5. The highest BCUT2D eigenvalue weighted by Crippen LogP contribution is 2.32. The van der Waals surface area contributed by atoms with Crippen LogP contribution in [0.25, 0.3) is 0 Å². The average Bonchev–Trinajstić information content (AvgIpc) is 2.38. The van der Waals surface area contributed by atoms with Gasteiger partial charge in [-0.25, -0.2) is 0 Å². The molecule has 0 heterocycles. The highest BCUT2D eigenvalue weighted by Gasteiger charge is 2.31. The van der Waals surface area contributed by atoms with Crippen molar-refractivity contribution in [2.75, 3.05) is 11.4 Å². The van der Waals surface area contributed by atoms with Gasteiger partial charge in [-0.15, -0.1) is 0 Å². The Labute approximate surface area is 124 Å². The molecule has 110 valence electrons. The Kier molecular flexibility index (Phi) is 5.89. The van der Waals surface area contributed by atoms with Crippen LogP contribution in [0.4, 0.5) is 18.9 Å². The molecule has 0 aliphatic carbocycles. The summed E-state index contributed by atoms with van der Waals surface area (Å²) < 4.78 is 38.0. The quantitative estimate of drug-likeness (QED) is 0.592. The summed E-state index contributed by atoms with van der Waals surface area (Å²) in [5.74, 6) is -0.675. The van der Waals surface area contributed by atoms with Gasteiger partial charge in [0.15, 0.2) is 4.84 Å². The van der Waals surface area contributed by atoms with Gasteiger partial charge in [0.1, 0.15) is 0 Å². The molecule has 0 radical (unpaired) electrons. The summed E-state index contributed by atoms with van der Waals surface area (Å²) >= 11 is 11.0. The summed E-state index contributed by atoms with van der Waals surface area (Å²) in [6.07, 6.45) is -1.19. The minimum absolute atomic E-state index is 0.0899. The Balaban J connectivity index is 3.17. The van der Waals surface area contributed by atoms with Crippen LogP contribution in [0.2, 0.25) is 0 Å². The fraction of sp³-hybridized carbons (Fsp3) is 0.308. The molecule has 1 aromatic carbocycles. The van der Waals surface area contributed by atoms with Crippen LogP contribution in [0, 0.1) is 0 Å². The molecule has 0 saturated heterocycles. The summed E-state index contributed by atoms with van der Waals surface area (Å²) in [6.45, 7) is 1.82. The number of carbonyl (C=O) groups excluding carboxylic acids is 1. The Morgan fingerprint density at radius 2 is 2.05 bits per heavy atom. The standard InChI is InChI=1S/C13H12Cl2F3NO/c1-2-3-7-19(12(20)11(14)15)10-6-4-5-9(8-10)13(16,17)18/h2-6,8,11H,7H2,1H3. The van der Waals surface area contributed by atoms with Gasteiger partial charge in [0.05, 0.1) is 5.56 Å². The maximum atomic E-state index is 12.7. The largest absolute Gasteiger partial charge is 0.416 e. The van der Waals surface area contributed by atoms with E-state index in [1.165, 1.54) is 12.1 Å². The van der Waals surface area contributed by atoms with E-state index in [4.69, 9.17) is 23.2 Å². The van der Waals surface area contributed by atoms with Crippen molar-refractivity contribution in [1.29, 1.82) is 0 Å². The van der Waals surface area contributed by atoms with Crippen molar-refractivity contribution in [2.45, 2.75) is 17.9 Å². The average molecular weight is 326 g/mol. The van der Waals surface area contributed by atoms with Gasteiger partial charge in [-0.1, -0.05) is 41.4 Å². The zero-order chi connectivity index (χ0) is 15.3. The predicted octanol–water partition coefficient (Wildman–Crippen LogP) is 4.42. The highest BCUT2D eigenvalue weighted by molar-refractivity contribution is 6.54. The molecule has 7 heteroatoms. The van der Waals surface area contributed by atoms with Gasteiger partial charge >= 0.3 is 6.18 Å². The van der Waals surface area contributed by atoms with E-state index in [1.54, 1.807) is 19.1 Å². The first-order valence-corrected chi connectivity index (χ1v) is 6.52. The Hall–Kier alpha value is -1.20. The zero-order valence-corrected chi connectivity index (χ0v) is 12.0. The van der Waals surface area contributed by atoms with Crippen molar-refractivity contribution in [2.24, 2.45) is 0 Å². The minimum Gasteiger partial charge on any atom is -0.306 e. The Morgan fingerprint density at radius 1 is 1.40 bits per heavy atom. The lowest BCUT2D eigenvalue weighted by molar-refractivity contribution is -0.137. The third-order valence-corrected chi connectivity index (χ3v) is 2.83. The van der Waals surface area contributed by atoms with Crippen LogP contribution in [0.1, 0.15) is 12.5 Å². The molecule has 1 aromatic rings. The molecule has 0 aromatic heterocycles. The minimum atomic E-state index is -4.48. The molecule has 0 aliphatic heterocycles. The van der Waals surface area contributed by atoms with E-state index in [2.05, 4.69) is 0 Å². The number of halogens is 5. The van der Waals surface area contributed by atoms with Crippen molar-refractivity contribution in [3.63, 3.8) is 0 Å². The first-order valence-electron chi connectivity index (χ1n) is 5.65. The van der Waals surface area contributed by atoms with Crippen molar-refractivity contribution < 1.29 is 18.0 Å². The molecular formula is C13H12Cl2F3NO. The second kappa shape index (κ2) is 6.99. The molecule has 2 nitrogen and oxygen atoms in total. The van der Waals surface area contributed by atoms with Crippen molar-refractivity contribution in [3.05, 3.63) is 42.0 Å². The van der Waals surface area contributed by atoms with E-state index in [0.717, 1.165) is 17.0 Å². The molecule has 0 bridgehead atoms. The number of nitrogens with zero attached hydrogens (tertiary/aromatic N) is 1. The van der Waals surface area contributed by atoms with Gasteiger partial charge in [-0.05, 0) is 25.1 Å². The van der Waals surface area contributed by atoms with Gasteiger partial charge in [-0.2, -0.15) is 13.2 Å². The van der Waals surface area contributed by atoms with E-state index < -0.39 is 22.5 Å². The van der Waals surface area contributed by atoms with E-state index in [0.29, 0.717) is 0 Å². The van der Waals surface area contributed by atoms with Gasteiger partial charge in [0.25, 0.3) is 5.91 Å². The summed E-state index contributed by atoms with van der Waals surface area (Å²) in [7, 11) is 0. The molecule has 0 saturated carbocycles. The van der Waals surface area contributed by atoms with Crippen LogP contribution in [-0.2, 0) is 11.0 Å². The number of carbonyl (C=O) groups is 1. The second-order valence-corrected chi connectivity index (χ2v) is 4.96. The number of hydrogen-bond donors (Lipinski definition) is 0. The summed E-state index contributed by atoms with van der Waals surface area (Å²) in [5.41, 5.74) is -0.747. The SMILES string of the molecule is CC=CCN(C(=O)C(Cl)Cl)c1cccc(C(F)(F)F)c1. The fourth-order valence-electron chi connectivity index (χ4n) is 1.50. The maximum absolute atomic E-state index is 12.7. The Bertz CT molecular complexity index is 501. The van der Waals surface area contributed by atoms with Gasteiger partial charge < -0.3 is 4.90 Å². The highest BCUT2D eigenvalue weighted by atomic mass is 35.5. The number of amides is 1. The van der Waals surface area contributed by atoms with E-state index in [1.807, 2.05) is 0 Å². The molecular weight excluding hydrogens is 314 g/mol. The monoisotopic (exact) mass is 325 g/mol. The van der Waals surface area contributed by atoms with Crippen LogP contribution >= 0.6 is 23.2 Å². The van der Waals surface area contributed by atoms with E-state index in [-0.39, 0.29) is 12.2 Å². The topological polar surface area (TPSA) is 20.3 Å². The number of alkyl halides is 5. The molecule has 0 atom stereocenters. The summed E-state index contributed by atoms with van der Waals surface area (Å²) in [6, 6.07) is 4.44. The maximum Gasteiger partial charge on any atom is 0.416 e. The lowest BCUT2D eigenvalue weighted by Crippen LogP contribution is -2.35. The smallest absolute Gasteiger partial charge is 0.306 e. The Morgan fingerprint density at radius 3 is 2.55 bits per heavy atom. The third-order valence-electron chi connectivity index (χ3n) is 2.46. The lowest BCUT2D eigenvalue weighted by Gasteiger charge is -2.22. The predicted molar refractivity (Wildman–Crippen MR) is 74.1 cm³/mol. The number of hydrogen-bond acceptors (Lipinski definition) is 1. The number of anilines is 1. The molecule has 1 amide bonds. The van der Waals surface area contributed by atoms with Crippen LogP contribution in [-0.4, -0.2) is 17.3 Å². The van der Waals surface area contributed by atoms with Crippen molar-refractivity contribution in [1.82, 2.24) is 0 Å². The van der Waals surface area contributed by atoms with Gasteiger partial charge in [-0.3, -0.25) is 4.79 Å². The first-order chi connectivity index (χ1) is 9.27. The first kappa shape index (κ1) is 16.9. The number of benzene rings is 1. The van der Waals surface area contributed by atoms with Gasteiger partial charge in [0.2, 0.25) is 0 Å². The van der Waals surface area contributed by atoms with Crippen LogP contribution in [0.5, 0.6) is 0 Å². The van der Waals surface area contributed by atoms with Crippen LogP contribution in [0.15, 0.2) is 36.4 Å². The molecule has 0 fully saturated rings. The molecule has 0 spiro atoms. The number of allylic oxidation sites excluding steroid dienone is 1. The normalized spacial score (nSPS) is 12.2. The fourth-order valence-corrected chi connectivity index (χ4v) is 1.74. The summed E-state index contributed by atoms with van der Waals surface area (Å²) in [5, 5.41) is 0. The van der Waals surface area contributed by atoms with Crippen LogP contribution in [0.3, 0.4) is 0 Å². The molecule has 1 rings (SSSR count). The lowest BCUT2D eigenvalue weighted by atomic mass is 10.1. The second-order valence-electron chi connectivity index (χ2n) is 3.87. The molecule has 0 aliphatic rings. The number of rotatable bonds is 4.